The fourth-order valence-electron chi connectivity index (χ4n) is 3.13. The van der Waals surface area contributed by atoms with Crippen LogP contribution in [0, 0.1) is 0 Å². The van der Waals surface area contributed by atoms with E-state index in [1.165, 1.54) is 5.56 Å². The van der Waals surface area contributed by atoms with Crippen LogP contribution in [0.1, 0.15) is 42.3 Å². The lowest BCUT2D eigenvalue weighted by Crippen LogP contribution is -2.41. The monoisotopic (exact) mass is 380 g/mol. The zero-order valence-electron chi connectivity index (χ0n) is 16.8. The third kappa shape index (κ3) is 5.20. The van der Waals surface area contributed by atoms with Crippen molar-refractivity contribution in [3.05, 3.63) is 65.2 Å². The molecule has 0 saturated carbocycles. The number of anilines is 1. The third-order valence-electron chi connectivity index (χ3n) is 4.94. The summed E-state index contributed by atoms with van der Waals surface area (Å²) in [6.07, 6.45) is 0.364. The largest absolute Gasteiger partial charge is 0.378 e. The number of nitrogens with one attached hydrogen (secondary N) is 1. The van der Waals surface area contributed by atoms with Crippen LogP contribution in [0.25, 0.3) is 0 Å². The summed E-state index contributed by atoms with van der Waals surface area (Å²) in [6.45, 7) is 8.96. The second-order valence-corrected chi connectivity index (χ2v) is 8.15. The highest BCUT2D eigenvalue weighted by Gasteiger charge is 2.17. The van der Waals surface area contributed by atoms with Gasteiger partial charge in [0.15, 0.2) is 0 Å². The van der Waals surface area contributed by atoms with Crippen molar-refractivity contribution in [1.82, 2.24) is 4.90 Å². The first-order valence-corrected chi connectivity index (χ1v) is 9.69. The number of carbonyl (C=O) groups is 2. The Morgan fingerprint density at radius 2 is 1.57 bits per heavy atom. The minimum atomic E-state index is -0.141. The van der Waals surface area contributed by atoms with Gasteiger partial charge in [0, 0.05) is 24.3 Å². The van der Waals surface area contributed by atoms with Gasteiger partial charge in [-0.3, -0.25) is 9.59 Å². The highest BCUT2D eigenvalue weighted by atomic mass is 16.5. The molecule has 0 atom stereocenters. The van der Waals surface area contributed by atoms with Gasteiger partial charge in [-0.15, -0.1) is 0 Å². The van der Waals surface area contributed by atoms with Crippen molar-refractivity contribution in [2.24, 2.45) is 0 Å². The van der Waals surface area contributed by atoms with Crippen molar-refractivity contribution < 1.29 is 14.3 Å². The van der Waals surface area contributed by atoms with Crippen LogP contribution < -0.4 is 5.32 Å². The molecular weight excluding hydrogens is 352 g/mol. The summed E-state index contributed by atoms with van der Waals surface area (Å²) in [4.78, 5) is 26.6. The van der Waals surface area contributed by atoms with Crippen molar-refractivity contribution in [2.45, 2.75) is 32.6 Å². The zero-order chi connectivity index (χ0) is 20.1. The first-order chi connectivity index (χ1) is 13.3. The molecule has 0 aliphatic carbocycles. The highest BCUT2D eigenvalue weighted by Crippen LogP contribution is 2.22. The van der Waals surface area contributed by atoms with Gasteiger partial charge in [-0.1, -0.05) is 45.0 Å². The summed E-state index contributed by atoms with van der Waals surface area (Å²) in [6, 6.07) is 15.1. The topological polar surface area (TPSA) is 58.6 Å². The normalized spacial score (nSPS) is 14.6. The van der Waals surface area contributed by atoms with E-state index in [2.05, 4.69) is 26.1 Å². The highest BCUT2D eigenvalue weighted by molar-refractivity contribution is 6.04. The maximum Gasteiger partial charge on any atom is 0.255 e. The van der Waals surface area contributed by atoms with Gasteiger partial charge >= 0.3 is 0 Å². The smallest absolute Gasteiger partial charge is 0.255 e. The van der Waals surface area contributed by atoms with E-state index in [1.807, 2.05) is 53.4 Å². The lowest BCUT2D eigenvalue weighted by Gasteiger charge is -2.26. The van der Waals surface area contributed by atoms with Crippen LogP contribution in [0.2, 0.25) is 0 Å². The summed E-state index contributed by atoms with van der Waals surface area (Å²) in [5.74, 6) is -0.0309. The Balaban J connectivity index is 1.57. The van der Waals surface area contributed by atoms with Gasteiger partial charge in [-0.05, 0) is 40.8 Å². The minimum absolute atomic E-state index is 0.0590. The number of nitrogens with zero attached hydrogens (tertiary/aromatic N) is 1. The number of hydrogen-bond donors (Lipinski definition) is 1. The maximum absolute atomic E-state index is 12.5. The standard InChI is InChI=1S/C23H28N2O3/c1-23(2,3)19-8-6-18(7-9-19)22(27)24-20-10-4-17(5-11-20)16-21(26)25-12-14-28-15-13-25/h4-11H,12-16H2,1-3H3,(H,24,27). The molecule has 5 heteroatoms. The molecule has 1 N–H and O–H groups in total. The van der Waals surface area contributed by atoms with Crippen LogP contribution in [0.5, 0.6) is 0 Å². The second-order valence-electron chi connectivity index (χ2n) is 8.15. The van der Waals surface area contributed by atoms with Gasteiger partial charge < -0.3 is 15.0 Å². The quantitative estimate of drug-likeness (QED) is 0.881. The average molecular weight is 380 g/mol. The number of ether oxygens (including phenoxy) is 1. The number of rotatable bonds is 4. The van der Waals surface area contributed by atoms with Crippen LogP contribution in [-0.2, 0) is 21.4 Å². The van der Waals surface area contributed by atoms with Crippen LogP contribution >= 0.6 is 0 Å². The van der Waals surface area contributed by atoms with Crippen LogP contribution in [0.15, 0.2) is 48.5 Å². The van der Waals surface area contributed by atoms with E-state index in [1.54, 1.807) is 0 Å². The molecule has 0 radical (unpaired) electrons. The molecular formula is C23H28N2O3. The van der Waals surface area contributed by atoms with Gasteiger partial charge in [-0.2, -0.15) is 0 Å². The van der Waals surface area contributed by atoms with E-state index < -0.39 is 0 Å². The van der Waals surface area contributed by atoms with Crippen molar-refractivity contribution in [2.75, 3.05) is 31.6 Å². The molecule has 1 aliphatic heterocycles. The summed E-state index contributed by atoms with van der Waals surface area (Å²) in [7, 11) is 0. The molecule has 2 amide bonds. The molecule has 3 rings (SSSR count). The van der Waals surface area contributed by atoms with Crippen molar-refractivity contribution in [3.63, 3.8) is 0 Å². The third-order valence-corrected chi connectivity index (χ3v) is 4.94. The molecule has 28 heavy (non-hydrogen) atoms. The summed E-state index contributed by atoms with van der Waals surface area (Å²) in [5.41, 5.74) is 3.53. The molecule has 2 aromatic carbocycles. The number of morpholine rings is 1. The number of carbonyl (C=O) groups excluding carboxylic acids is 2. The molecule has 2 aromatic rings. The van der Waals surface area contributed by atoms with E-state index in [9.17, 15) is 9.59 Å². The molecule has 1 saturated heterocycles. The lowest BCUT2D eigenvalue weighted by atomic mass is 9.87. The zero-order valence-corrected chi connectivity index (χ0v) is 16.8. The Morgan fingerprint density at radius 1 is 0.964 bits per heavy atom. The van der Waals surface area contributed by atoms with E-state index in [4.69, 9.17) is 4.74 Å². The Morgan fingerprint density at radius 3 is 2.14 bits per heavy atom. The molecule has 0 unspecified atom stereocenters. The Labute approximate surface area is 166 Å². The van der Waals surface area contributed by atoms with E-state index in [0.29, 0.717) is 44.0 Å². The van der Waals surface area contributed by atoms with Crippen molar-refractivity contribution >= 4 is 17.5 Å². The summed E-state index contributed by atoms with van der Waals surface area (Å²) in [5, 5.41) is 2.91. The van der Waals surface area contributed by atoms with Crippen molar-refractivity contribution in [1.29, 1.82) is 0 Å². The Hall–Kier alpha value is -2.66. The summed E-state index contributed by atoms with van der Waals surface area (Å²) < 4.78 is 5.28. The Kier molecular flexibility index (Phi) is 6.15. The molecule has 1 heterocycles. The number of hydrogen-bond acceptors (Lipinski definition) is 3. The van der Waals surface area contributed by atoms with Crippen LogP contribution in [-0.4, -0.2) is 43.0 Å². The lowest BCUT2D eigenvalue weighted by molar-refractivity contribution is -0.134. The second kappa shape index (κ2) is 8.57. The molecule has 0 aromatic heterocycles. The molecule has 0 bridgehead atoms. The van der Waals surface area contributed by atoms with E-state index in [-0.39, 0.29) is 17.2 Å². The minimum Gasteiger partial charge on any atom is -0.378 e. The first kappa shape index (κ1) is 20.1. The predicted molar refractivity (Wildman–Crippen MR) is 111 cm³/mol. The molecule has 0 spiro atoms. The maximum atomic E-state index is 12.5. The van der Waals surface area contributed by atoms with Crippen molar-refractivity contribution in [3.8, 4) is 0 Å². The number of amides is 2. The van der Waals surface area contributed by atoms with Crippen LogP contribution in [0.3, 0.4) is 0 Å². The van der Waals surface area contributed by atoms with Crippen LogP contribution in [0.4, 0.5) is 5.69 Å². The predicted octanol–water partition coefficient (Wildman–Crippen LogP) is 3.64. The van der Waals surface area contributed by atoms with Gasteiger partial charge in [0.25, 0.3) is 5.91 Å². The van der Waals surface area contributed by atoms with Gasteiger partial charge in [0.1, 0.15) is 0 Å². The average Bonchev–Trinajstić information content (AvgIpc) is 2.69. The van der Waals surface area contributed by atoms with Gasteiger partial charge in [0.2, 0.25) is 5.91 Å². The first-order valence-electron chi connectivity index (χ1n) is 9.69. The Bertz CT molecular complexity index is 814. The number of benzene rings is 2. The fraction of sp³-hybridized carbons (Fsp3) is 0.391. The fourth-order valence-corrected chi connectivity index (χ4v) is 3.13. The molecule has 1 fully saturated rings. The molecule has 1 aliphatic rings. The van der Waals surface area contributed by atoms with Gasteiger partial charge in [-0.25, -0.2) is 0 Å². The molecule has 148 valence electrons. The summed E-state index contributed by atoms with van der Waals surface area (Å²) >= 11 is 0. The molecule has 5 nitrogen and oxygen atoms in total. The van der Waals surface area contributed by atoms with E-state index in [0.717, 1.165) is 5.56 Å². The SMILES string of the molecule is CC(C)(C)c1ccc(C(=O)Nc2ccc(CC(=O)N3CCOCC3)cc2)cc1. The van der Waals surface area contributed by atoms with Gasteiger partial charge in [0.05, 0.1) is 19.6 Å². The van der Waals surface area contributed by atoms with E-state index >= 15 is 0 Å².